The molecule has 0 aliphatic heterocycles. The topological polar surface area (TPSA) is 72.1 Å². The summed E-state index contributed by atoms with van der Waals surface area (Å²) in [6.45, 7) is 1.82. The first-order valence-corrected chi connectivity index (χ1v) is 5.50. The molecule has 0 bridgehead atoms. The standard InChI is InChI=1S/C13H14N4O/c1-9-7-16-12(8-15-9)13(18)17(2)11-5-3-10(14)4-6-11/h3-8H,14H2,1-2H3. The van der Waals surface area contributed by atoms with Crippen molar-refractivity contribution in [1.29, 1.82) is 0 Å². The quantitative estimate of drug-likeness (QED) is 0.813. The first-order chi connectivity index (χ1) is 8.58. The van der Waals surface area contributed by atoms with E-state index in [4.69, 9.17) is 5.73 Å². The second kappa shape index (κ2) is 4.83. The number of carbonyl (C=O) groups excluding carboxylic acids is 1. The number of nitrogens with zero attached hydrogens (tertiary/aromatic N) is 3. The molecule has 1 aromatic heterocycles. The maximum atomic E-state index is 12.1. The zero-order valence-electron chi connectivity index (χ0n) is 10.3. The SMILES string of the molecule is Cc1cnc(C(=O)N(C)c2ccc(N)cc2)cn1. The van der Waals surface area contributed by atoms with Gasteiger partial charge in [0.15, 0.2) is 0 Å². The zero-order chi connectivity index (χ0) is 13.1. The Kier molecular flexibility index (Phi) is 3.23. The summed E-state index contributed by atoms with van der Waals surface area (Å²) in [5.41, 5.74) is 8.13. The first-order valence-electron chi connectivity index (χ1n) is 5.50. The summed E-state index contributed by atoms with van der Waals surface area (Å²) in [6.07, 6.45) is 3.05. The molecule has 0 unspecified atom stereocenters. The van der Waals surface area contributed by atoms with Crippen LogP contribution in [0.1, 0.15) is 16.2 Å². The van der Waals surface area contributed by atoms with Crippen LogP contribution in [0.3, 0.4) is 0 Å². The summed E-state index contributed by atoms with van der Waals surface area (Å²) >= 11 is 0. The monoisotopic (exact) mass is 242 g/mol. The van der Waals surface area contributed by atoms with Gasteiger partial charge in [0.05, 0.1) is 11.9 Å². The number of hydrogen-bond donors (Lipinski definition) is 1. The zero-order valence-corrected chi connectivity index (χ0v) is 10.3. The number of aryl methyl sites for hydroxylation is 1. The number of amides is 1. The second-order valence-corrected chi connectivity index (χ2v) is 4.00. The molecular formula is C13H14N4O. The van der Waals surface area contributed by atoms with Gasteiger partial charge in [-0.15, -0.1) is 0 Å². The Hall–Kier alpha value is -2.43. The fraction of sp³-hybridized carbons (Fsp3) is 0.154. The molecule has 1 heterocycles. The van der Waals surface area contributed by atoms with Crippen molar-refractivity contribution in [2.45, 2.75) is 6.92 Å². The van der Waals surface area contributed by atoms with E-state index in [1.807, 2.05) is 6.92 Å². The molecule has 0 saturated heterocycles. The number of carbonyl (C=O) groups is 1. The van der Waals surface area contributed by atoms with Gasteiger partial charge >= 0.3 is 0 Å². The average molecular weight is 242 g/mol. The molecule has 18 heavy (non-hydrogen) atoms. The third-order valence-electron chi connectivity index (χ3n) is 2.59. The molecule has 1 aromatic carbocycles. The van der Waals surface area contributed by atoms with E-state index in [-0.39, 0.29) is 5.91 Å². The number of rotatable bonds is 2. The van der Waals surface area contributed by atoms with Crippen LogP contribution in [-0.2, 0) is 0 Å². The Morgan fingerprint density at radius 3 is 2.39 bits per heavy atom. The Labute approximate surface area is 105 Å². The lowest BCUT2D eigenvalue weighted by molar-refractivity contribution is 0.0988. The Balaban J connectivity index is 2.23. The molecule has 2 aromatic rings. The fourth-order valence-electron chi connectivity index (χ4n) is 1.49. The molecule has 0 saturated carbocycles. The molecule has 2 N–H and O–H groups in total. The summed E-state index contributed by atoms with van der Waals surface area (Å²) in [5, 5.41) is 0. The van der Waals surface area contributed by atoms with Crippen LogP contribution in [0.4, 0.5) is 11.4 Å². The number of nitrogen functional groups attached to an aromatic ring is 1. The third kappa shape index (κ3) is 2.45. The van der Waals surface area contributed by atoms with Gasteiger partial charge in [0.2, 0.25) is 0 Å². The second-order valence-electron chi connectivity index (χ2n) is 4.00. The highest BCUT2D eigenvalue weighted by atomic mass is 16.2. The van der Waals surface area contributed by atoms with Crippen LogP contribution >= 0.6 is 0 Å². The Bertz CT molecular complexity index is 548. The van der Waals surface area contributed by atoms with Gasteiger partial charge in [0.25, 0.3) is 5.91 Å². The van der Waals surface area contributed by atoms with Crippen LogP contribution in [-0.4, -0.2) is 22.9 Å². The van der Waals surface area contributed by atoms with Crippen molar-refractivity contribution in [3.63, 3.8) is 0 Å². The summed E-state index contributed by atoms with van der Waals surface area (Å²) in [7, 11) is 1.69. The van der Waals surface area contributed by atoms with E-state index in [1.165, 1.54) is 11.1 Å². The number of hydrogen-bond acceptors (Lipinski definition) is 4. The molecule has 5 heteroatoms. The van der Waals surface area contributed by atoms with E-state index in [2.05, 4.69) is 9.97 Å². The summed E-state index contributed by atoms with van der Waals surface area (Å²) < 4.78 is 0. The van der Waals surface area contributed by atoms with Gasteiger partial charge in [-0.1, -0.05) is 0 Å². The molecule has 0 aliphatic rings. The van der Waals surface area contributed by atoms with Crippen molar-refractivity contribution in [2.75, 3.05) is 17.7 Å². The molecule has 2 rings (SSSR count). The van der Waals surface area contributed by atoms with Gasteiger partial charge in [-0.3, -0.25) is 9.78 Å². The van der Waals surface area contributed by atoms with E-state index in [9.17, 15) is 4.79 Å². The van der Waals surface area contributed by atoms with Crippen molar-refractivity contribution < 1.29 is 4.79 Å². The molecule has 1 amide bonds. The smallest absolute Gasteiger partial charge is 0.278 e. The molecule has 0 spiro atoms. The van der Waals surface area contributed by atoms with Crippen molar-refractivity contribution in [3.8, 4) is 0 Å². The summed E-state index contributed by atoms with van der Waals surface area (Å²) in [6, 6.07) is 7.07. The molecule has 0 atom stereocenters. The van der Waals surface area contributed by atoms with Gasteiger partial charge in [-0.2, -0.15) is 0 Å². The van der Waals surface area contributed by atoms with Gasteiger partial charge in [0, 0.05) is 24.6 Å². The summed E-state index contributed by atoms with van der Waals surface area (Å²) in [5.74, 6) is -0.202. The normalized spacial score (nSPS) is 10.1. The van der Waals surface area contributed by atoms with Crippen LogP contribution in [0.25, 0.3) is 0 Å². The predicted molar refractivity (Wildman–Crippen MR) is 70.4 cm³/mol. The van der Waals surface area contributed by atoms with Crippen molar-refractivity contribution >= 4 is 17.3 Å². The number of aromatic nitrogens is 2. The Morgan fingerprint density at radius 1 is 1.17 bits per heavy atom. The van der Waals surface area contributed by atoms with E-state index in [1.54, 1.807) is 37.5 Å². The third-order valence-corrected chi connectivity index (χ3v) is 2.59. The van der Waals surface area contributed by atoms with E-state index < -0.39 is 0 Å². The van der Waals surface area contributed by atoms with Crippen LogP contribution in [0.5, 0.6) is 0 Å². The maximum Gasteiger partial charge on any atom is 0.278 e. The van der Waals surface area contributed by atoms with Crippen LogP contribution in [0, 0.1) is 6.92 Å². The molecule has 0 fully saturated rings. The lowest BCUT2D eigenvalue weighted by Gasteiger charge is -2.16. The van der Waals surface area contributed by atoms with E-state index >= 15 is 0 Å². The molecule has 92 valence electrons. The van der Waals surface area contributed by atoms with Crippen molar-refractivity contribution in [2.24, 2.45) is 0 Å². The molecular weight excluding hydrogens is 228 g/mol. The molecule has 0 aliphatic carbocycles. The maximum absolute atomic E-state index is 12.1. The number of anilines is 2. The van der Waals surface area contributed by atoms with Gasteiger partial charge in [-0.25, -0.2) is 4.98 Å². The average Bonchev–Trinajstić information content (AvgIpc) is 2.39. The van der Waals surface area contributed by atoms with Gasteiger partial charge < -0.3 is 10.6 Å². The highest BCUT2D eigenvalue weighted by Crippen LogP contribution is 2.16. The van der Waals surface area contributed by atoms with E-state index in [0.717, 1.165) is 11.4 Å². The van der Waals surface area contributed by atoms with Crippen LogP contribution in [0.15, 0.2) is 36.7 Å². The van der Waals surface area contributed by atoms with Crippen LogP contribution in [0.2, 0.25) is 0 Å². The van der Waals surface area contributed by atoms with Gasteiger partial charge in [0.1, 0.15) is 5.69 Å². The number of benzene rings is 1. The fourth-order valence-corrected chi connectivity index (χ4v) is 1.49. The minimum atomic E-state index is -0.202. The van der Waals surface area contributed by atoms with Crippen molar-refractivity contribution in [1.82, 2.24) is 9.97 Å². The molecule has 0 radical (unpaired) electrons. The minimum Gasteiger partial charge on any atom is -0.399 e. The first kappa shape index (κ1) is 12.0. The highest BCUT2D eigenvalue weighted by molar-refractivity contribution is 6.04. The number of nitrogens with two attached hydrogens (primary N) is 1. The highest BCUT2D eigenvalue weighted by Gasteiger charge is 2.14. The Morgan fingerprint density at radius 2 is 1.83 bits per heavy atom. The van der Waals surface area contributed by atoms with Crippen LogP contribution < -0.4 is 10.6 Å². The lowest BCUT2D eigenvalue weighted by Crippen LogP contribution is -2.27. The largest absolute Gasteiger partial charge is 0.399 e. The summed E-state index contributed by atoms with van der Waals surface area (Å²) in [4.78, 5) is 21.8. The van der Waals surface area contributed by atoms with Gasteiger partial charge in [-0.05, 0) is 31.2 Å². The molecule has 5 nitrogen and oxygen atoms in total. The predicted octanol–water partition coefficient (Wildman–Crippen LogP) is 1.64. The lowest BCUT2D eigenvalue weighted by atomic mass is 10.2. The van der Waals surface area contributed by atoms with E-state index in [0.29, 0.717) is 11.4 Å². The van der Waals surface area contributed by atoms with Crippen molar-refractivity contribution in [3.05, 3.63) is 48.0 Å². The minimum absolute atomic E-state index is 0.202.